The first kappa shape index (κ1) is 19.4. The zero-order valence-corrected chi connectivity index (χ0v) is 17.4. The lowest BCUT2D eigenvalue weighted by Gasteiger charge is -2.26. The monoisotopic (exact) mass is 389 g/mol. The molecular formula is C24H27N3O2. The second-order valence-corrected chi connectivity index (χ2v) is 8.06. The highest BCUT2D eigenvalue weighted by Gasteiger charge is 2.18. The van der Waals surface area contributed by atoms with Crippen molar-refractivity contribution in [2.24, 2.45) is 0 Å². The summed E-state index contributed by atoms with van der Waals surface area (Å²) in [6.45, 7) is 8.00. The Morgan fingerprint density at radius 2 is 1.62 bits per heavy atom. The molecule has 1 fully saturated rings. The lowest BCUT2D eigenvalue weighted by molar-refractivity contribution is 0.0724. The number of aromatic nitrogens is 2. The van der Waals surface area contributed by atoms with E-state index >= 15 is 0 Å². The Labute approximate surface area is 171 Å². The molecule has 3 aromatic rings. The Balaban J connectivity index is 1.65. The fourth-order valence-electron chi connectivity index (χ4n) is 4.00. The van der Waals surface area contributed by atoms with E-state index in [4.69, 9.17) is 0 Å². The SMILES string of the molecule is Cc1cc2nc(C)c(=O)n(Cc3ccc(C(=O)N4CCCCC4)cc3)c2cc1C. The number of carbonyl (C=O) groups excluding carboxylic acids is 1. The van der Waals surface area contributed by atoms with Gasteiger partial charge in [0.2, 0.25) is 0 Å². The van der Waals surface area contributed by atoms with Crippen molar-refractivity contribution in [2.75, 3.05) is 13.1 Å². The van der Waals surface area contributed by atoms with Crippen LogP contribution >= 0.6 is 0 Å². The molecule has 1 aromatic heterocycles. The summed E-state index contributed by atoms with van der Waals surface area (Å²) in [5.41, 5.74) is 6.11. The molecule has 0 aliphatic carbocycles. The maximum Gasteiger partial charge on any atom is 0.272 e. The molecule has 0 atom stereocenters. The number of fused-ring (bicyclic) bond motifs is 1. The van der Waals surface area contributed by atoms with Gasteiger partial charge in [-0.3, -0.25) is 9.59 Å². The first-order valence-electron chi connectivity index (χ1n) is 10.3. The van der Waals surface area contributed by atoms with Crippen LogP contribution in [-0.2, 0) is 6.54 Å². The molecule has 0 N–H and O–H groups in total. The molecule has 4 rings (SSSR count). The van der Waals surface area contributed by atoms with Crippen LogP contribution in [0.25, 0.3) is 11.0 Å². The molecule has 29 heavy (non-hydrogen) atoms. The first-order valence-corrected chi connectivity index (χ1v) is 10.3. The van der Waals surface area contributed by atoms with Gasteiger partial charge in [-0.1, -0.05) is 12.1 Å². The molecule has 1 amide bonds. The van der Waals surface area contributed by atoms with Crippen LogP contribution < -0.4 is 5.56 Å². The van der Waals surface area contributed by atoms with Gasteiger partial charge < -0.3 is 9.47 Å². The fourth-order valence-corrected chi connectivity index (χ4v) is 4.00. The number of nitrogens with zero attached hydrogens (tertiary/aromatic N) is 3. The van der Waals surface area contributed by atoms with Crippen LogP contribution in [0.5, 0.6) is 0 Å². The smallest absolute Gasteiger partial charge is 0.272 e. The normalized spacial score (nSPS) is 14.4. The van der Waals surface area contributed by atoms with E-state index in [0.717, 1.165) is 53.7 Å². The van der Waals surface area contributed by atoms with E-state index in [2.05, 4.69) is 11.9 Å². The average molecular weight is 389 g/mol. The number of rotatable bonds is 3. The number of hydrogen-bond donors (Lipinski definition) is 0. The largest absolute Gasteiger partial charge is 0.339 e. The highest BCUT2D eigenvalue weighted by molar-refractivity contribution is 5.94. The maximum absolute atomic E-state index is 12.8. The first-order chi connectivity index (χ1) is 13.9. The molecule has 1 aliphatic heterocycles. The van der Waals surface area contributed by atoms with E-state index in [-0.39, 0.29) is 11.5 Å². The van der Waals surface area contributed by atoms with Crippen molar-refractivity contribution in [1.29, 1.82) is 0 Å². The van der Waals surface area contributed by atoms with Crippen LogP contribution in [-0.4, -0.2) is 33.4 Å². The van der Waals surface area contributed by atoms with Crippen LogP contribution in [0.1, 0.15) is 52.0 Å². The van der Waals surface area contributed by atoms with Crippen molar-refractivity contribution in [3.05, 3.63) is 74.7 Å². The van der Waals surface area contributed by atoms with Gasteiger partial charge in [0.1, 0.15) is 5.69 Å². The van der Waals surface area contributed by atoms with Crippen molar-refractivity contribution >= 4 is 16.9 Å². The maximum atomic E-state index is 12.8. The summed E-state index contributed by atoms with van der Waals surface area (Å²) < 4.78 is 1.78. The fraction of sp³-hybridized carbons (Fsp3) is 0.375. The Morgan fingerprint density at radius 1 is 0.966 bits per heavy atom. The average Bonchev–Trinajstić information content (AvgIpc) is 2.74. The van der Waals surface area contributed by atoms with Crippen LogP contribution in [0.2, 0.25) is 0 Å². The van der Waals surface area contributed by atoms with Gasteiger partial charge in [0.05, 0.1) is 17.6 Å². The molecule has 5 nitrogen and oxygen atoms in total. The van der Waals surface area contributed by atoms with Gasteiger partial charge in [-0.25, -0.2) is 4.98 Å². The predicted molar refractivity (Wildman–Crippen MR) is 116 cm³/mol. The van der Waals surface area contributed by atoms with E-state index in [0.29, 0.717) is 17.8 Å². The van der Waals surface area contributed by atoms with Crippen LogP contribution in [0, 0.1) is 20.8 Å². The Hall–Kier alpha value is -2.95. The second-order valence-electron chi connectivity index (χ2n) is 8.06. The van der Waals surface area contributed by atoms with Gasteiger partial charge in [0, 0.05) is 18.7 Å². The Morgan fingerprint density at radius 3 is 2.31 bits per heavy atom. The Bertz CT molecular complexity index is 1120. The number of hydrogen-bond acceptors (Lipinski definition) is 3. The van der Waals surface area contributed by atoms with Crippen LogP contribution in [0.15, 0.2) is 41.2 Å². The summed E-state index contributed by atoms with van der Waals surface area (Å²) in [7, 11) is 0. The lowest BCUT2D eigenvalue weighted by atomic mass is 10.1. The Kier molecular flexibility index (Phi) is 5.22. The summed E-state index contributed by atoms with van der Waals surface area (Å²) in [5, 5.41) is 0. The van der Waals surface area contributed by atoms with Gasteiger partial charge in [0.25, 0.3) is 11.5 Å². The van der Waals surface area contributed by atoms with Crippen LogP contribution in [0.3, 0.4) is 0 Å². The third kappa shape index (κ3) is 3.82. The minimum absolute atomic E-state index is 0.0748. The molecule has 2 heterocycles. The number of benzene rings is 2. The molecule has 1 aliphatic rings. The number of amides is 1. The van der Waals surface area contributed by atoms with E-state index in [1.807, 2.05) is 48.2 Å². The van der Waals surface area contributed by atoms with E-state index in [9.17, 15) is 9.59 Å². The third-order valence-electron chi connectivity index (χ3n) is 5.91. The zero-order chi connectivity index (χ0) is 20.5. The molecular weight excluding hydrogens is 362 g/mol. The quantitative estimate of drug-likeness (QED) is 0.680. The van der Waals surface area contributed by atoms with Crippen LogP contribution in [0.4, 0.5) is 0 Å². The zero-order valence-electron chi connectivity index (χ0n) is 17.4. The summed E-state index contributed by atoms with van der Waals surface area (Å²) in [6.07, 6.45) is 3.37. The van der Waals surface area contributed by atoms with Crippen molar-refractivity contribution in [1.82, 2.24) is 14.5 Å². The number of likely N-dealkylation sites (tertiary alicyclic amines) is 1. The molecule has 1 saturated heterocycles. The predicted octanol–water partition coefficient (Wildman–Crippen LogP) is 4.00. The molecule has 0 unspecified atom stereocenters. The van der Waals surface area contributed by atoms with Gasteiger partial charge in [-0.05, 0) is 81.0 Å². The van der Waals surface area contributed by atoms with E-state index < -0.39 is 0 Å². The summed E-state index contributed by atoms with van der Waals surface area (Å²) in [6, 6.07) is 11.7. The highest BCUT2D eigenvalue weighted by Crippen LogP contribution is 2.19. The van der Waals surface area contributed by atoms with Gasteiger partial charge in [0.15, 0.2) is 0 Å². The van der Waals surface area contributed by atoms with E-state index in [1.54, 1.807) is 11.5 Å². The number of piperidine rings is 1. The van der Waals surface area contributed by atoms with Gasteiger partial charge in [-0.2, -0.15) is 0 Å². The van der Waals surface area contributed by atoms with Gasteiger partial charge >= 0.3 is 0 Å². The number of carbonyl (C=O) groups is 1. The summed E-state index contributed by atoms with van der Waals surface area (Å²) in [5.74, 6) is 0.102. The minimum Gasteiger partial charge on any atom is -0.339 e. The number of aryl methyl sites for hydroxylation is 3. The van der Waals surface area contributed by atoms with Crippen molar-refractivity contribution in [3.63, 3.8) is 0 Å². The molecule has 0 bridgehead atoms. The third-order valence-corrected chi connectivity index (χ3v) is 5.91. The standard InChI is InChI=1S/C24H27N3O2/c1-16-13-21-22(14-17(16)2)27(23(28)18(3)25-21)15-19-7-9-20(10-8-19)24(29)26-11-5-4-6-12-26/h7-10,13-14H,4-6,11-12,15H2,1-3H3. The molecule has 0 spiro atoms. The molecule has 0 radical (unpaired) electrons. The topological polar surface area (TPSA) is 55.2 Å². The van der Waals surface area contributed by atoms with Gasteiger partial charge in [-0.15, -0.1) is 0 Å². The summed E-state index contributed by atoms with van der Waals surface area (Å²) >= 11 is 0. The molecule has 150 valence electrons. The molecule has 0 saturated carbocycles. The summed E-state index contributed by atoms with van der Waals surface area (Å²) in [4.78, 5) is 31.9. The molecule has 2 aromatic carbocycles. The minimum atomic E-state index is -0.0748. The highest BCUT2D eigenvalue weighted by atomic mass is 16.2. The van der Waals surface area contributed by atoms with Crippen molar-refractivity contribution in [3.8, 4) is 0 Å². The lowest BCUT2D eigenvalue weighted by Crippen LogP contribution is -2.35. The molecule has 5 heteroatoms. The van der Waals surface area contributed by atoms with Crippen molar-refractivity contribution < 1.29 is 4.79 Å². The van der Waals surface area contributed by atoms with E-state index in [1.165, 1.54) is 6.42 Å². The second kappa shape index (κ2) is 7.82. The van der Waals surface area contributed by atoms with Crippen molar-refractivity contribution in [2.45, 2.75) is 46.6 Å².